The molecule has 1 unspecified atom stereocenters. The van der Waals surface area contributed by atoms with Crippen LogP contribution in [0.15, 0.2) is 12.2 Å². The van der Waals surface area contributed by atoms with Crippen molar-refractivity contribution in [3.63, 3.8) is 0 Å². The topological polar surface area (TPSA) is 174 Å². The molecule has 5 fully saturated rings. The van der Waals surface area contributed by atoms with E-state index in [4.69, 9.17) is 9.47 Å². The van der Waals surface area contributed by atoms with Crippen LogP contribution in [0.5, 0.6) is 0 Å². The van der Waals surface area contributed by atoms with Gasteiger partial charge in [0.1, 0.15) is 23.2 Å². The first-order valence-electron chi connectivity index (χ1n) is 19.2. The van der Waals surface area contributed by atoms with Crippen LogP contribution in [0.25, 0.3) is 0 Å². The van der Waals surface area contributed by atoms with Crippen LogP contribution < -0.4 is 27.0 Å². The molecule has 14 nitrogen and oxygen atoms in total. The first-order chi connectivity index (χ1) is 23.9. The highest BCUT2D eigenvalue weighted by Crippen LogP contribution is 2.45. The van der Waals surface area contributed by atoms with E-state index < -0.39 is 41.2 Å². The smallest absolute Gasteiger partial charge is 0.408 e. The van der Waals surface area contributed by atoms with Crippen LogP contribution in [0, 0.1) is 11.8 Å². The number of aliphatic carboxylic acids is 1. The van der Waals surface area contributed by atoms with Gasteiger partial charge in [-0.3, -0.25) is 9.59 Å². The first-order valence-corrected chi connectivity index (χ1v) is 19.2. The molecule has 2 saturated heterocycles. The van der Waals surface area contributed by atoms with Crippen molar-refractivity contribution in [2.45, 2.75) is 171 Å². The summed E-state index contributed by atoms with van der Waals surface area (Å²) in [6, 6.07) is -2.11. The monoisotopic (exact) mass is 701 g/mol. The number of hydrogen-bond acceptors (Lipinski definition) is 10. The SMILES string of the molecule is CC(C)(C)OC(=O)N[C@@H]1CCCCC/C=C\[C@@H]2C[C@]2(C(=O)O)NC(=O)[C@@H]2C[C@H](N3NNC(C4CCC(OC5CCCCC5)CC4)N3)CN2C1=O. The number of hydrazine groups is 3. The van der Waals surface area contributed by atoms with Crippen molar-refractivity contribution < 1.29 is 33.8 Å². The van der Waals surface area contributed by atoms with Crippen LogP contribution in [0.3, 0.4) is 0 Å². The number of carbonyl (C=O) groups is 4. The third kappa shape index (κ3) is 8.98. The maximum atomic E-state index is 14.3. The minimum absolute atomic E-state index is 0.0240. The van der Waals surface area contributed by atoms with Gasteiger partial charge in [0.05, 0.1) is 24.4 Å². The number of nitrogens with zero attached hydrogens (tertiary/aromatic N) is 2. The zero-order chi connectivity index (χ0) is 35.5. The van der Waals surface area contributed by atoms with Gasteiger partial charge in [-0.05, 0) is 97.3 Å². The van der Waals surface area contributed by atoms with Crippen LogP contribution in [0.2, 0.25) is 0 Å². The van der Waals surface area contributed by atoms with Crippen LogP contribution in [-0.4, -0.2) is 93.2 Å². The Morgan fingerprint density at radius 3 is 2.38 bits per heavy atom. The van der Waals surface area contributed by atoms with Crippen molar-refractivity contribution in [3.05, 3.63) is 12.2 Å². The molecule has 0 bridgehead atoms. The molecule has 3 saturated carbocycles. The Labute approximate surface area is 296 Å². The summed E-state index contributed by atoms with van der Waals surface area (Å²) in [5.74, 6) is -1.86. The maximum Gasteiger partial charge on any atom is 0.408 e. The van der Waals surface area contributed by atoms with Gasteiger partial charge in [-0.15, -0.1) is 0 Å². The van der Waals surface area contributed by atoms with E-state index in [-0.39, 0.29) is 37.0 Å². The molecule has 6 aliphatic rings. The van der Waals surface area contributed by atoms with Gasteiger partial charge >= 0.3 is 12.1 Å². The fraction of sp³-hybridized carbons (Fsp3) is 0.833. The third-order valence-corrected chi connectivity index (χ3v) is 11.4. The van der Waals surface area contributed by atoms with Gasteiger partial charge in [0.2, 0.25) is 11.8 Å². The van der Waals surface area contributed by atoms with E-state index in [0.717, 1.165) is 44.9 Å². The summed E-state index contributed by atoms with van der Waals surface area (Å²) in [4.78, 5) is 55.2. The highest BCUT2D eigenvalue weighted by atomic mass is 16.6. The molecule has 3 heterocycles. The summed E-state index contributed by atoms with van der Waals surface area (Å²) in [5.41, 5.74) is 8.07. The molecule has 3 aliphatic carbocycles. The van der Waals surface area contributed by atoms with Gasteiger partial charge < -0.3 is 30.1 Å². The lowest BCUT2D eigenvalue weighted by Crippen LogP contribution is -2.56. The summed E-state index contributed by atoms with van der Waals surface area (Å²) < 4.78 is 12.0. The fourth-order valence-electron chi connectivity index (χ4n) is 8.52. The minimum atomic E-state index is -1.38. The zero-order valence-electron chi connectivity index (χ0n) is 30.1. The second-order valence-corrected chi connectivity index (χ2v) is 16.4. The molecule has 0 aromatic carbocycles. The quantitative estimate of drug-likeness (QED) is 0.224. The van der Waals surface area contributed by atoms with Gasteiger partial charge in [0, 0.05) is 12.5 Å². The maximum absolute atomic E-state index is 14.3. The minimum Gasteiger partial charge on any atom is -0.479 e. The molecule has 3 aliphatic heterocycles. The van der Waals surface area contributed by atoms with E-state index >= 15 is 0 Å². The number of fused-ring (bicyclic) bond motifs is 2. The summed E-state index contributed by atoms with van der Waals surface area (Å²) in [7, 11) is 0. The summed E-state index contributed by atoms with van der Waals surface area (Å²) in [5, 5.41) is 17.7. The number of amides is 3. The Kier molecular flexibility index (Phi) is 11.7. The van der Waals surface area contributed by atoms with E-state index in [1.54, 1.807) is 20.8 Å². The predicted molar refractivity (Wildman–Crippen MR) is 185 cm³/mol. The molecule has 0 spiro atoms. The van der Waals surface area contributed by atoms with Crippen molar-refractivity contribution in [3.8, 4) is 0 Å². The number of alkyl carbamates (subject to hydrolysis) is 1. The molecule has 6 atom stereocenters. The summed E-state index contributed by atoms with van der Waals surface area (Å²) >= 11 is 0. The van der Waals surface area contributed by atoms with E-state index in [9.17, 15) is 24.3 Å². The van der Waals surface area contributed by atoms with Crippen LogP contribution in [0.1, 0.15) is 124 Å². The molecular weight excluding hydrogens is 642 g/mol. The Bertz CT molecular complexity index is 1260. The van der Waals surface area contributed by atoms with Gasteiger partial charge in [-0.1, -0.05) is 44.3 Å². The average molecular weight is 702 g/mol. The van der Waals surface area contributed by atoms with Gasteiger partial charge in [0.25, 0.3) is 0 Å². The second-order valence-electron chi connectivity index (χ2n) is 16.4. The normalized spacial score (nSPS) is 37.1. The predicted octanol–water partition coefficient (Wildman–Crippen LogP) is 3.39. The van der Waals surface area contributed by atoms with E-state index in [1.165, 1.54) is 37.0 Å². The van der Waals surface area contributed by atoms with Crippen molar-refractivity contribution in [1.29, 1.82) is 0 Å². The molecule has 50 heavy (non-hydrogen) atoms. The Morgan fingerprint density at radius 1 is 0.960 bits per heavy atom. The van der Waals surface area contributed by atoms with Crippen molar-refractivity contribution in [1.82, 2.24) is 37.0 Å². The average Bonchev–Trinajstić information content (AvgIpc) is 3.37. The summed E-state index contributed by atoms with van der Waals surface area (Å²) in [6.45, 7) is 5.51. The van der Waals surface area contributed by atoms with Crippen LogP contribution >= 0.6 is 0 Å². The molecule has 3 amide bonds. The molecular formula is C36H59N7O7. The third-order valence-electron chi connectivity index (χ3n) is 11.4. The van der Waals surface area contributed by atoms with Crippen molar-refractivity contribution in [2.75, 3.05) is 6.54 Å². The largest absolute Gasteiger partial charge is 0.479 e. The molecule has 14 heteroatoms. The number of ether oxygens (including phenoxy) is 2. The molecule has 6 rings (SSSR count). The Morgan fingerprint density at radius 2 is 1.66 bits per heavy atom. The molecule has 280 valence electrons. The molecule has 0 radical (unpaired) electrons. The number of carboxylic acid groups (broad SMARTS) is 1. The second kappa shape index (κ2) is 15.9. The van der Waals surface area contributed by atoms with Crippen LogP contribution in [-0.2, 0) is 23.9 Å². The number of allylic oxidation sites excluding steroid dienone is 1. The highest BCUT2D eigenvalue weighted by molar-refractivity contribution is 5.96. The summed E-state index contributed by atoms with van der Waals surface area (Å²) in [6.07, 6.45) is 18.4. The number of hydrogen-bond donors (Lipinski definition) is 6. The zero-order valence-corrected chi connectivity index (χ0v) is 30.1. The Hall–Kier alpha value is -2.78. The highest BCUT2D eigenvalue weighted by Gasteiger charge is 2.61. The number of carboxylic acids is 1. The fourth-order valence-corrected chi connectivity index (χ4v) is 8.52. The van der Waals surface area contributed by atoms with Crippen molar-refractivity contribution >= 4 is 23.9 Å². The van der Waals surface area contributed by atoms with E-state index in [2.05, 4.69) is 27.0 Å². The first kappa shape index (κ1) is 37.0. The van der Waals surface area contributed by atoms with Gasteiger partial charge in [0.15, 0.2) is 0 Å². The van der Waals surface area contributed by atoms with Gasteiger partial charge in [-0.25, -0.2) is 20.4 Å². The number of rotatable bonds is 6. The number of carbonyl (C=O) groups excluding carboxylic acids is 3. The number of nitrogens with one attached hydrogen (secondary N) is 5. The van der Waals surface area contributed by atoms with E-state index in [1.807, 2.05) is 17.3 Å². The van der Waals surface area contributed by atoms with E-state index in [0.29, 0.717) is 37.4 Å². The molecule has 0 aromatic rings. The lowest BCUT2D eigenvalue weighted by atomic mass is 9.85. The lowest BCUT2D eigenvalue weighted by Gasteiger charge is -2.34. The Balaban J connectivity index is 1.14. The lowest BCUT2D eigenvalue weighted by molar-refractivity contribution is -0.145. The standard InChI is InChI=1S/C36H59N7O7/c1-35(2,3)50-34(48)37-28-15-11-6-4-5-8-12-24-21-36(24,33(46)47)38-31(44)29-20-25(22-42(29)32(28)45)43-40-30(39-41-43)23-16-18-27(19-17-23)49-26-13-9-7-10-14-26/h8,12,23-30,39-41H,4-7,9-11,13-22H2,1-3H3,(H,37,48)(H,38,44)(H,46,47)/b12-8-/t23?,24-,25+,27?,28-,29+,30?,36+/m1/s1. The molecule has 6 N–H and O–H groups in total. The van der Waals surface area contributed by atoms with Crippen molar-refractivity contribution in [2.24, 2.45) is 11.8 Å². The van der Waals surface area contributed by atoms with Crippen LogP contribution in [0.4, 0.5) is 4.79 Å². The molecule has 0 aromatic heterocycles. The van der Waals surface area contributed by atoms with Gasteiger partial charge in [-0.2, -0.15) is 10.7 Å².